The molecule has 0 bridgehead atoms. The molecular formula is C21H32O2. The van der Waals surface area contributed by atoms with Crippen molar-refractivity contribution >= 4 is 0 Å². The fourth-order valence-corrected chi connectivity index (χ4v) is 2.52. The lowest BCUT2D eigenvalue weighted by Crippen LogP contribution is -1.96. The average molecular weight is 316 g/mol. The molecule has 1 aromatic carbocycles. The van der Waals surface area contributed by atoms with Gasteiger partial charge in [0.1, 0.15) is 11.5 Å². The number of benzene rings is 1. The van der Waals surface area contributed by atoms with Crippen LogP contribution in [0.15, 0.2) is 35.4 Å². The molecule has 128 valence electrons. The largest absolute Gasteiger partial charge is 0.508 e. The number of phenols is 1. The van der Waals surface area contributed by atoms with Gasteiger partial charge in [-0.1, -0.05) is 43.1 Å². The first-order valence-electron chi connectivity index (χ1n) is 8.65. The highest BCUT2D eigenvalue weighted by molar-refractivity contribution is 5.48. The molecule has 0 aromatic heterocycles. The van der Waals surface area contributed by atoms with E-state index in [4.69, 9.17) is 4.74 Å². The third kappa shape index (κ3) is 6.94. The van der Waals surface area contributed by atoms with E-state index in [0.29, 0.717) is 12.2 Å². The number of phenolic OH excluding ortho intramolecular Hbond substituents is 1. The van der Waals surface area contributed by atoms with Gasteiger partial charge in [0.2, 0.25) is 0 Å². The van der Waals surface area contributed by atoms with Crippen LogP contribution in [-0.4, -0.2) is 12.2 Å². The molecule has 2 nitrogen and oxygen atoms in total. The van der Waals surface area contributed by atoms with Gasteiger partial charge in [-0.05, 0) is 64.2 Å². The Morgan fingerprint density at radius 1 is 1.13 bits per heavy atom. The van der Waals surface area contributed by atoms with Crippen LogP contribution in [0.4, 0.5) is 0 Å². The third-order valence-corrected chi connectivity index (χ3v) is 4.02. The normalized spacial score (nSPS) is 11.4. The minimum atomic E-state index is 0.349. The fraction of sp³-hybridized carbons (Fsp3) is 0.524. The predicted molar refractivity (Wildman–Crippen MR) is 99.4 cm³/mol. The number of hydrogen-bond acceptors (Lipinski definition) is 2. The zero-order valence-corrected chi connectivity index (χ0v) is 15.4. The van der Waals surface area contributed by atoms with E-state index in [-0.39, 0.29) is 0 Å². The first-order chi connectivity index (χ1) is 11.0. The van der Waals surface area contributed by atoms with E-state index in [1.54, 1.807) is 7.11 Å². The van der Waals surface area contributed by atoms with Gasteiger partial charge in [0.25, 0.3) is 0 Å². The van der Waals surface area contributed by atoms with Crippen LogP contribution in [-0.2, 0) is 12.8 Å². The molecule has 0 radical (unpaired) electrons. The minimum Gasteiger partial charge on any atom is -0.508 e. The van der Waals surface area contributed by atoms with Gasteiger partial charge in [-0.25, -0.2) is 0 Å². The molecule has 0 aliphatic rings. The molecule has 23 heavy (non-hydrogen) atoms. The van der Waals surface area contributed by atoms with E-state index >= 15 is 0 Å². The van der Waals surface area contributed by atoms with E-state index in [9.17, 15) is 5.11 Å². The molecule has 0 saturated heterocycles. The zero-order valence-electron chi connectivity index (χ0n) is 15.4. The molecule has 2 heteroatoms. The number of aromatic hydroxyl groups is 1. The number of hydrogen-bond donors (Lipinski definition) is 1. The molecule has 1 N–H and O–H groups in total. The van der Waals surface area contributed by atoms with E-state index in [1.807, 2.05) is 6.07 Å². The number of aryl methyl sites for hydroxylation is 1. The molecule has 0 fully saturated rings. The van der Waals surface area contributed by atoms with Crippen LogP contribution < -0.4 is 4.74 Å². The summed E-state index contributed by atoms with van der Waals surface area (Å²) >= 11 is 0. The maximum absolute atomic E-state index is 10.4. The Labute approximate surface area is 141 Å². The van der Waals surface area contributed by atoms with Crippen LogP contribution in [0, 0.1) is 0 Å². The Hall–Kier alpha value is -1.70. The number of methoxy groups -OCH3 is 1. The highest BCUT2D eigenvalue weighted by Gasteiger charge is 2.10. The Bertz CT molecular complexity index is 549. The maximum Gasteiger partial charge on any atom is 0.126 e. The van der Waals surface area contributed by atoms with Gasteiger partial charge >= 0.3 is 0 Å². The smallest absolute Gasteiger partial charge is 0.126 e. The molecule has 1 aromatic rings. The Balaban J connectivity index is 2.85. The van der Waals surface area contributed by atoms with Crippen molar-refractivity contribution in [3.63, 3.8) is 0 Å². The van der Waals surface area contributed by atoms with Crippen LogP contribution in [0.1, 0.15) is 64.5 Å². The van der Waals surface area contributed by atoms with E-state index in [0.717, 1.165) is 36.1 Å². The first kappa shape index (κ1) is 19.3. The van der Waals surface area contributed by atoms with Crippen LogP contribution in [0.5, 0.6) is 11.5 Å². The SMILES string of the molecule is CCCCCc1cc(O)c(C/C=C(/C)CC=C(C)C)c(OC)c1. The highest BCUT2D eigenvalue weighted by atomic mass is 16.5. The lowest BCUT2D eigenvalue weighted by molar-refractivity contribution is 0.400. The Morgan fingerprint density at radius 2 is 1.87 bits per heavy atom. The number of ether oxygens (including phenoxy) is 1. The summed E-state index contributed by atoms with van der Waals surface area (Å²) < 4.78 is 5.50. The topological polar surface area (TPSA) is 29.5 Å². The summed E-state index contributed by atoms with van der Waals surface area (Å²) in [7, 11) is 1.67. The molecule has 0 unspecified atom stereocenters. The third-order valence-electron chi connectivity index (χ3n) is 4.02. The van der Waals surface area contributed by atoms with Gasteiger partial charge in [-0.15, -0.1) is 0 Å². The Kier molecular flexibility index (Phi) is 8.53. The van der Waals surface area contributed by atoms with E-state index in [1.165, 1.54) is 24.0 Å². The summed E-state index contributed by atoms with van der Waals surface area (Å²) in [6.45, 7) is 8.55. The van der Waals surface area contributed by atoms with Crippen LogP contribution in [0.3, 0.4) is 0 Å². The number of allylic oxidation sites excluding steroid dienone is 4. The van der Waals surface area contributed by atoms with Crippen molar-refractivity contribution in [2.24, 2.45) is 0 Å². The summed E-state index contributed by atoms with van der Waals surface area (Å²) in [6, 6.07) is 3.97. The van der Waals surface area contributed by atoms with Gasteiger partial charge in [0, 0.05) is 5.56 Å². The molecule has 0 aliphatic carbocycles. The molecular weight excluding hydrogens is 284 g/mol. The van der Waals surface area contributed by atoms with Gasteiger partial charge in [-0.2, -0.15) is 0 Å². The lowest BCUT2D eigenvalue weighted by atomic mass is 10.0. The van der Waals surface area contributed by atoms with Crippen molar-refractivity contribution in [3.8, 4) is 11.5 Å². The van der Waals surface area contributed by atoms with Crippen molar-refractivity contribution < 1.29 is 9.84 Å². The molecule has 0 atom stereocenters. The summed E-state index contributed by atoms with van der Waals surface area (Å²) in [6.07, 6.45) is 10.6. The second-order valence-corrected chi connectivity index (χ2v) is 6.49. The second kappa shape index (κ2) is 10.1. The van der Waals surface area contributed by atoms with Crippen molar-refractivity contribution in [1.82, 2.24) is 0 Å². The predicted octanol–water partition coefficient (Wildman–Crippen LogP) is 5.98. The summed E-state index contributed by atoms with van der Waals surface area (Å²) in [4.78, 5) is 0. The summed E-state index contributed by atoms with van der Waals surface area (Å²) in [5.41, 5.74) is 4.67. The molecule has 0 aliphatic heterocycles. The van der Waals surface area contributed by atoms with Crippen molar-refractivity contribution in [3.05, 3.63) is 46.6 Å². The van der Waals surface area contributed by atoms with Crippen LogP contribution in [0.2, 0.25) is 0 Å². The molecule has 0 saturated carbocycles. The number of rotatable bonds is 9. The quantitative estimate of drug-likeness (QED) is 0.448. The van der Waals surface area contributed by atoms with Gasteiger partial charge in [0.15, 0.2) is 0 Å². The van der Waals surface area contributed by atoms with Crippen molar-refractivity contribution in [2.75, 3.05) is 7.11 Å². The Morgan fingerprint density at radius 3 is 2.48 bits per heavy atom. The number of unbranched alkanes of at least 4 members (excludes halogenated alkanes) is 2. The lowest BCUT2D eigenvalue weighted by Gasteiger charge is -2.12. The molecule has 1 rings (SSSR count). The fourth-order valence-electron chi connectivity index (χ4n) is 2.52. The minimum absolute atomic E-state index is 0.349. The average Bonchev–Trinajstić information content (AvgIpc) is 2.51. The van der Waals surface area contributed by atoms with Gasteiger partial charge in [-0.3, -0.25) is 0 Å². The maximum atomic E-state index is 10.4. The standard InChI is InChI=1S/C21H32O2/c1-6-7-8-9-18-14-20(22)19(21(15-18)23-5)13-12-17(4)11-10-16(2)3/h10,12,14-15,22H,6-9,11,13H2,1-5H3/b17-12-. The van der Waals surface area contributed by atoms with Crippen LogP contribution in [0.25, 0.3) is 0 Å². The summed E-state index contributed by atoms with van der Waals surface area (Å²) in [5, 5.41) is 10.4. The second-order valence-electron chi connectivity index (χ2n) is 6.49. The van der Waals surface area contributed by atoms with Gasteiger partial charge < -0.3 is 9.84 Å². The molecule has 0 spiro atoms. The monoisotopic (exact) mass is 316 g/mol. The van der Waals surface area contributed by atoms with Crippen molar-refractivity contribution in [2.45, 2.75) is 66.2 Å². The molecule has 0 heterocycles. The van der Waals surface area contributed by atoms with Crippen molar-refractivity contribution in [1.29, 1.82) is 0 Å². The van der Waals surface area contributed by atoms with Gasteiger partial charge in [0.05, 0.1) is 7.11 Å². The summed E-state index contributed by atoms with van der Waals surface area (Å²) in [5.74, 6) is 1.14. The highest BCUT2D eigenvalue weighted by Crippen LogP contribution is 2.31. The van der Waals surface area contributed by atoms with E-state index in [2.05, 4.69) is 45.9 Å². The zero-order chi connectivity index (χ0) is 17.2. The molecule has 0 amide bonds. The van der Waals surface area contributed by atoms with Crippen LogP contribution >= 0.6 is 0 Å². The van der Waals surface area contributed by atoms with E-state index < -0.39 is 0 Å². The first-order valence-corrected chi connectivity index (χ1v) is 8.65.